The number of hydrogen-bond donors (Lipinski definition) is 1. The minimum absolute atomic E-state index is 0.176. The van der Waals surface area contributed by atoms with E-state index in [1.165, 1.54) is 18.4 Å². The Hall–Kier alpha value is -4.27. The highest BCUT2D eigenvalue weighted by Crippen LogP contribution is 2.13. The van der Waals surface area contributed by atoms with Gasteiger partial charge in [0.25, 0.3) is 11.5 Å². The minimum atomic E-state index is -0.643. The predicted molar refractivity (Wildman–Crippen MR) is 102 cm³/mol. The fourth-order valence-corrected chi connectivity index (χ4v) is 2.60. The van der Waals surface area contributed by atoms with Crippen LogP contribution in [-0.2, 0) is 11.5 Å². The lowest BCUT2D eigenvalue weighted by Gasteiger charge is -2.07. The third kappa shape index (κ3) is 3.88. The Morgan fingerprint density at radius 1 is 1.03 bits per heavy atom. The van der Waals surface area contributed by atoms with Gasteiger partial charge in [-0.15, -0.1) is 5.10 Å². The zero-order chi connectivity index (χ0) is 20.2. The van der Waals surface area contributed by atoms with E-state index in [0.717, 1.165) is 4.68 Å². The number of furan rings is 1. The SMILES string of the molecule is O=C(OCn1nnc2ccccc2c1=O)c1ccc(NC(=O)c2ccco2)cc1. The Balaban J connectivity index is 1.41. The van der Waals surface area contributed by atoms with Crippen molar-refractivity contribution >= 4 is 28.5 Å². The van der Waals surface area contributed by atoms with Gasteiger partial charge in [0.05, 0.1) is 17.2 Å². The Bertz CT molecular complexity index is 1230. The molecule has 0 bridgehead atoms. The Morgan fingerprint density at radius 3 is 2.59 bits per heavy atom. The first-order chi connectivity index (χ1) is 14.1. The molecule has 0 fully saturated rings. The van der Waals surface area contributed by atoms with E-state index in [4.69, 9.17) is 9.15 Å². The fourth-order valence-electron chi connectivity index (χ4n) is 2.60. The number of rotatable bonds is 5. The van der Waals surface area contributed by atoms with E-state index >= 15 is 0 Å². The molecule has 0 aliphatic heterocycles. The summed E-state index contributed by atoms with van der Waals surface area (Å²) in [6, 6.07) is 16.0. The number of nitrogens with one attached hydrogen (secondary N) is 1. The Labute approximate surface area is 163 Å². The lowest BCUT2D eigenvalue weighted by molar-refractivity contribution is 0.0336. The summed E-state index contributed by atoms with van der Waals surface area (Å²) in [6.07, 6.45) is 1.40. The molecule has 144 valence electrons. The number of carbonyl (C=O) groups excluding carboxylic acids is 2. The van der Waals surface area contributed by atoms with Gasteiger partial charge in [0.1, 0.15) is 5.52 Å². The first-order valence-electron chi connectivity index (χ1n) is 8.56. The molecule has 0 atom stereocenters. The Kier molecular flexibility index (Phi) is 4.85. The number of anilines is 1. The van der Waals surface area contributed by atoms with Crippen LogP contribution in [0, 0.1) is 0 Å². The fraction of sp³-hybridized carbons (Fsp3) is 0.0500. The van der Waals surface area contributed by atoms with Gasteiger partial charge in [-0.05, 0) is 48.5 Å². The van der Waals surface area contributed by atoms with Crippen LogP contribution in [-0.4, -0.2) is 26.9 Å². The average molecular weight is 390 g/mol. The van der Waals surface area contributed by atoms with E-state index in [1.54, 1.807) is 48.5 Å². The molecule has 2 aromatic heterocycles. The third-order valence-corrected chi connectivity index (χ3v) is 4.07. The highest BCUT2D eigenvalue weighted by Gasteiger charge is 2.12. The first-order valence-corrected chi connectivity index (χ1v) is 8.56. The molecule has 9 nitrogen and oxygen atoms in total. The molecule has 0 radical (unpaired) electrons. The van der Waals surface area contributed by atoms with E-state index in [-0.39, 0.29) is 18.1 Å². The van der Waals surface area contributed by atoms with Crippen molar-refractivity contribution < 1.29 is 18.7 Å². The summed E-state index contributed by atoms with van der Waals surface area (Å²) in [5.41, 5.74) is 0.800. The highest BCUT2D eigenvalue weighted by molar-refractivity contribution is 6.02. The number of carbonyl (C=O) groups is 2. The van der Waals surface area contributed by atoms with Crippen molar-refractivity contribution in [1.82, 2.24) is 15.0 Å². The second-order valence-electron chi connectivity index (χ2n) is 5.98. The minimum Gasteiger partial charge on any atom is -0.459 e. The van der Waals surface area contributed by atoms with Gasteiger partial charge in [-0.1, -0.05) is 17.3 Å². The monoisotopic (exact) mass is 390 g/mol. The van der Waals surface area contributed by atoms with Gasteiger partial charge in [-0.3, -0.25) is 9.59 Å². The molecule has 1 N–H and O–H groups in total. The molecular weight excluding hydrogens is 376 g/mol. The second kappa shape index (κ2) is 7.77. The van der Waals surface area contributed by atoms with Crippen molar-refractivity contribution in [3.05, 3.63) is 88.6 Å². The van der Waals surface area contributed by atoms with Crippen molar-refractivity contribution in [2.75, 3.05) is 5.32 Å². The summed E-state index contributed by atoms with van der Waals surface area (Å²) >= 11 is 0. The lowest BCUT2D eigenvalue weighted by Crippen LogP contribution is -2.26. The van der Waals surface area contributed by atoms with Crippen LogP contribution in [0.1, 0.15) is 20.9 Å². The van der Waals surface area contributed by atoms with Crippen LogP contribution in [0.15, 0.2) is 76.1 Å². The molecule has 0 saturated heterocycles. The quantitative estimate of drug-likeness (QED) is 0.520. The molecule has 29 heavy (non-hydrogen) atoms. The zero-order valence-corrected chi connectivity index (χ0v) is 14.9. The summed E-state index contributed by atoms with van der Waals surface area (Å²) in [5.74, 6) is -0.870. The van der Waals surface area contributed by atoms with Crippen LogP contribution >= 0.6 is 0 Å². The number of aromatic nitrogens is 3. The molecular formula is C20H14N4O5. The van der Waals surface area contributed by atoms with Crippen LogP contribution in [0.3, 0.4) is 0 Å². The number of benzene rings is 2. The van der Waals surface area contributed by atoms with Gasteiger partial charge in [0, 0.05) is 5.69 Å². The van der Waals surface area contributed by atoms with Crippen LogP contribution in [0.5, 0.6) is 0 Å². The highest BCUT2D eigenvalue weighted by atomic mass is 16.5. The van der Waals surface area contributed by atoms with Crippen LogP contribution in [0.4, 0.5) is 5.69 Å². The maximum absolute atomic E-state index is 12.3. The smallest absolute Gasteiger partial charge is 0.339 e. The third-order valence-electron chi connectivity index (χ3n) is 4.07. The van der Waals surface area contributed by atoms with Crippen molar-refractivity contribution in [3.8, 4) is 0 Å². The van der Waals surface area contributed by atoms with E-state index in [2.05, 4.69) is 15.6 Å². The van der Waals surface area contributed by atoms with Crippen LogP contribution in [0.25, 0.3) is 10.9 Å². The first kappa shape index (κ1) is 18.1. The topological polar surface area (TPSA) is 116 Å². The molecule has 2 aromatic carbocycles. The zero-order valence-electron chi connectivity index (χ0n) is 14.9. The number of ether oxygens (including phenoxy) is 1. The molecule has 0 spiro atoms. The van der Waals surface area contributed by atoms with E-state index < -0.39 is 17.4 Å². The lowest BCUT2D eigenvalue weighted by atomic mass is 10.2. The molecule has 0 saturated carbocycles. The molecule has 0 aliphatic rings. The van der Waals surface area contributed by atoms with Crippen LogP contribution in [0.2, 0.25) is 0 Å². The molecule has 0 aliphatic carbocycles. The van der Waals surface area contributed by atoms with E-state index in [0.29, 0.717) is 16.6 Å². The van der Waals surface area contributed by atoms with E-state index in [9.17, 15) is 14.4 Å². The summed E-state index contributed by atoms with van der Waals surface area (Å²) in [5, 5.41) is 10.7. The number of nitrogens with zero attached hydrogens (tertiary/aromatic N) is 3. The van der Waals surface area contributed by atoms with Gasteiger partial charge >= 0.3 is 5.97 Å². The predicted octanol–water partition coefficient (Wildman–Crippen LogP) is 2.45. The molecule has 4 rings (SSSR count). The maximum atomic E-state index is 12.3. The number of esters is 1. The van der Waals surface area contributed by atoms with Crippen LogP contribution < -0.4 is 10.9 Å². The molecule has 9 heteroatoms. The summed E-state index contributed by atoms with van der Waals surface area (Å²) < 4.78 is 11.1. The van der Waals surface area contributed by atoms with Gasteiger partial charge < -0.3 is 14.5 Å². The normalized spacial score (nSPS) is 10.6. The van der Waals surface area contributed by atoms with Gasteiger partial charge in [0.2, 0.25) is 0 Å². The van der Waals surface area contributed by atoms with Crippen molar-refractivity contribution in [3.63, 3.8) is 0 Å². The standard InChI is InChI=1S/C20H14N4O5/c25-18(17-6-3-11-28-17)21-14-9-7-13(8-10-14)20(27)29-12-24-19(26)15-4-1-2-5-16(15)22-23-24/h1-11H,12H2,(H,21,25). The molecule has 1 amide bonds. The van der Waals surface area contributed by atoms with Gasteiger partial charge in [-0.25, -0.2) is 4.79 Å². The van der Waals surface area contributed by atoms with Gasteiger partial charge in [0.15, 0.2) is 12.5 Å². The Morgan fingerprint density at radius 2 is 1.83 bits per heavy atom. The maximum Gasteiger partial charge on any atom is 0.339 e. The van der Waals surface area contributed by atoms with E-state index in [1.807, 2.05) is 0 Å². The molecule has 0 unspecified atom stereocenters. The molecule has 2 heterocycles. The molecule has 4 aromatic rings. The van der Waals surface area contributed by atoms with Gasteiger partial charge in [-0.2, -0.15) is 4.68 Å². The van der Waals surface area contributed by atoms with Crippen molar-refractivity contribution in [2.45, 2.75) is 6.73 Å². The largest absolute Gasteiger partial charge is 0.459 e. The van der Waals surface area contributed by atoms with Crippen molar-refractivity contribution in [2.24, 2.45) is 0 Å². The number of fused-ring (bicyclic) bond motifs is 1. The summed E-state index contributed by atoms with van der Waals surface area (Å²) in [6.45, 7) is -0.369. The summed E-state index contributed by atoms with van der Waals surface area (Å²) in [4.78, 5) is 36.5. The summed E-state index contributed by atoms with van der Waals surface area (Å²) in [7, 11) is 0. The number of amides is 1. The second-order valence-corrected chi connectivity index (χ2v) is 5.98. The average Bonchev–Trinajstić information content (AvgIpc) is 3.29. The number of hydrogen-bond acceptors (Lipinski definition) is 7. The van der Waals surface area contributed by atoms with Crippen molar-refractivity contribution in [1.29, 1.82) is 0 Å².